The molecule has 1 aliphatic rings. The minimum Gasteiger partial charge on any atom is -0.495 e. The van der Waals surface area contributed by atoms with Crippen molar-refractivity contribution in [3.8, 4) is 5.75 Å². The van der Waals surface area contributed by atoms with Gasteiger partial charge < -0.3 is 20.1 Å². The Morgan fingerprint density at radius 2 is 1.86 bits per heavy atom. The van der Waals surface area contributed by atoms with Crippen LogP contribution in [-0.2, 0) is 4.74 Å². The number of hydrogen-bond acceptors (Lipinski definition) is 6. The van der Waals surface area contributed by atoms with E-state index in [2.05, 4.69) is 20.5 Å². The maximum Gasteiger partial charge on any atom is 0.274 e. The summed E-state index contributed by atoms with van der Waals surface area (Å²) in [6, 6.07) is 10.3. The predicted molar refractivity (Wildman–Crippen MR) is 110 cm³/mol. The molecule has 2 aromatic rings. The highest BCUT2D eigenvalue weighted by Crippen LogP contribution is 2.25. The van der Waals surface area contributed by atoms with Crippen LogP contribution in [0.1, 0.15) is 26.5 Å². The monoisotopic (exact) mass is 398 g/mol. The van der Waals surface area contributed by atoms with Gasteiger partial charge in [0.1, 0.15) is 17.1 Å². The zero-order valence-corrected chi connectivity index (χ0v) is 16.7. The Bertz CT molecular complexity index is 866. The Hall–Kier alpha value is -2.97. The Balaban J connectivity index is 1.60. The first kappa shape index (κ1) is 20.8. The van der Waals surface area contributed by atoms with Gasteiger partial charge in [-0.15, -0.1) is 0 Å². The third-order valence-corrected chi connectivity index (χ3v) is 4.63. The molecule has 0 bridgehead atoms. The molecule has 0 radical (unpaired) electrons. The standard InChI is InChI=1S/C21H26N4O4/c1-15-6-7-19(28-2)18(14-15)24-21(27)17-5-3-4-16(23-17)20(26)22-8-9-25-10-12-29-13-11-25/h3-7,14H,8-13H2,1-2H3,(H,22,26)(H,24,27). The molecule has 2 amide bonds. The summed E-state index contributed by atoms with van der Waals surface area (Å²) in [5, 5.41) is 5.65. The van der Waals surface area contributed by atoms with Crippen molar-refractivity contribution in [2.24, 2.45) is 0 Å². The first-order valence-electron chi connectivity index (χ1n) is 9.58. The molecule has 1 saturated heterocycles. The highest BCUT2D eigenvalue weighted by atomic mass is 16.5. The van der Waals surface area contributed by atoms with Gasteiger partial charge in [0.2, 0.25) is 0 Å². The van der Waals surface area contributed by atoms with Gasteiger partial charge in [0, 0.05) is 26.2 Å². The Labute approximate surface area is 170 Å². The van der Waals surface area contributed by atoms with Crippen molar-refractivity contribution in [3.63, 3.8) is 0 Å². The summed E-state index contributed by atoms with van der Waals surface area (Å²) in [5.74, 6) is -0.154. The lowest BCUT2D eigenvalue weighted by atomic mass is 10.2. The number of nitrogens with one attached hydrogen (secondary N) is 2. The average molecular weight is 398 g/mol. The van der Waals surface area contributed by atoms with E-state index in [0.29, 0.717) is 18.0 Å². The Kier molecular flexibility index (Phi) is 7.15. The van der Waals surface area contributed by atoms with Crippen LogP contribution in [0.25, 0.3) is 0 Å². The second-order valence-corrected chi connectivity index (χ2v) is 6.78. The number of rotatable bonds is 7. The molecule has 0 unspecified atom stereocenters. The van der Waals surface area contributed by atoms with Crippen LogP contribution in [0.4, 0.5) is 5.69 Å². The van der Waals surface area contributed by atoms with Crippen molar-refractivity contribution >= 4 is 17.5 Å². The van der Waals surface area contributed by atoms with Crippen LogP contribution in [-0.4, -0.2) is 68.2 Å². The first-order chi connectivity index (χ1) is 14.1. The fourth-order valence-electron chi connectivity index (χ4n) is 3.04. The normalized spacial score (nSPS) is 14.3. The number of hydrogen-bond donors (Lipinski definition) is 2. The molecule has 0 atom stereocenters. The largest absolute Gasteiger partial charge is 0.495 e. The fourth-order valence-corrected chi connectivity index (χ4v) is 3.04. The number of morpholine rings is 1. The lowest BCUT2D eigenvalue weighted by molar-refractivity contribution is 0.0383. The van der Waals surface area contributed by atoms with E-state index in [0.717, 1.165) is 38.4 Å². The van der Waals surface area contributed by atoms with E-state index in [1.807, 2.05) is 19.1 Å². The van der Waals surface area contributed by atoms with Gasteiger partial charge in [0.25, 0.3) is 11.8 Å². The molecule has 3 rings (SSSR count). The molecule has 1 aromatic heterocycles. The quantitative estimate of drug-likeness (QED) is 0.738. The number of carbonyl (C=O) groups excluding carboxylic acids is 2. The molecule has 1 aliphatic heterocycles. The molecule has 2 heterocycles. The number of carbonyl (C=O) groups is 2. The summed E-state index contributed by atoms with van der Waals surface area (Å²) in [6.07, 6.45) is 0. The number of aromatic nitrogens is 1. The summed E-state index contributed by atoms with van der Waals surface area (Å²) in [5.41, 5.74) is 1.91. The molecule has 0 spiro atoms. The van der Waals surface area contributed by atoms with Crippen molar-refractivity contribution < 1.29 is 19.1 Å². The number of ether oxygens (including phenoxy) is 2. The second-order valence-electron chi connectivity index (χ2n) is 6.78. The van der Waals surface area contributed by atoms with Gasteiger partial charge in [-0.05, 0) is 36.8 Å². The van der Waals surface area contributed by atoms with Gasteiger partial charge in [0.15, 0.2) is 0 Å². The van der Waals surface area contributed by atoms with Gasteiger partial charge in [0.05, 0.1) is 26.0 Å². The average Bonchev–Trinajstić information content (AvgIpc) is 2.74. The molecule has 29 heavy (non-hydrogen) atoms. The Morgan fingerprint density at radius 3 is 2.59 bits per heavy atom. The van der Waals surface area contributed by atoms with Crippen molar-refractivity contribution in [2.75, 3.05) is 51.8 Å². The number of nitrogens with zero attached hydrogens (tertiary/aromatic N) is 2. The van der Waals surface area contributed by atoms with Crippen LogP contribution in [0.5, 0.6) is 5.75 Å². The number of pyridine rings is 1. The highest BCUT2D eigenvalue weighted by Gasteiger charge is 2.15. The minimum absolute atomic E-state index is 0.161. The van der Waals surface area contributed by atoms with Gasteiger partial charge in [-0.25, -0.2) is 4.98 Å². The fraction of sp³-hybridized carbons (Fsp3) is 0.381. The van der Waals surface area contributed by atoms with Crippen molar-refractivity contribution in [3.05, 3.63) is 53.3 Å². The van der Waals surface area contributed by atoms with Crippen LogP contribution in [0.15, 0.2) is 36.4 Å². The van der Waals surface area contributed by atoms with Crippen LogP contribution in [0, 0.1) is 6.92 Å². The highest BCUT2D eigenvalue weighted by molar-refractivity contribution is 6.04. The van der Waals surface area contributed by atoms with Crippen LogP contribution < -0.4 is 15.4 Å². The van der Waals surface area contributed by atoms with E-state index in [-0.39, 0.29) is 17.3 Å². The molecule has 8 nitrogen and oxygen atoms in total. The molecule has 1 fully saturated rings. The number of amides is 2. The van der Waals surface area contributed by atoms with E-state index in [1.54, 1.807) is 31.4 Å². The van der Waals surface area contributed by atoms with Crippen molar-refractivity contribution in [1.29, 1.82) is 0 Å². The second kappa shape index (κ2) is 9.99. The SMILES string of the molecule is COc1ccc(C)cc1NC(=O)c1cccc(C(=O)NCCN2CCOCC2)n1. The summed E-state index contributed by atoms with van der Waals surface area (Å²) >= 11 is 0. The summed E-state index contributed by atoms with van der Waals surface area (Å²) in [4.78, 5) is 31.5. The maximum absolute atomic E-state index is 12.6. The summed E-state index contributed by atoms with van der Waals surface area (Å²) < 4.78 is 10.6. The molecule has 1 aromatic carbocycles. The van der Waals surface area contributed by atoms with E-state index in [1.165, 1.54) is 0 Å². The number of aryl methyl sites for hydroxylation is 1. The molecular weight excluding hydrogens is 372 g/mol. The van der Waals surface area contributed by atoms with Crippen LogP contribution in [0.2, 0.25) is 0 Å². The number of benzene rings is 1. The topological polar surface area (TPSA) is 92.8 Å². The zero-order chi connectivity index (χ0) is 20.6. The predicted octanol–water partition coefficient (Wildman–Crippen LogP) is 1.71. The lowest BCUT2D eigenvalue weighted by Gasteiger charge is -2.26. The van der Waals surface area contributed by atoms with E-state index in [9.17, 15) is 9.59 Å². The van der Waals surface area contributed by atoms with E-state index < -0.39 is 5.91 Å². The molecule has 154 valence electrons. The smallest absolute Gasteiger partial charge is 0.274 e. The number of anilines is 1. The number of methoxy groups -OCH3 is 1. The maximum atomic E-state index is 12.6. The molecule has 2 N–H and O–H groups in total. The van der Waals surface area contributed by atoms with E-state index in [4.69, 9.17) is 9.47 Å². The Morgan fingerprint density at radius 1 is 1.14 bits per heavy atom. The zero-order valence-electron chi connectivity index (χ0n) is 16.7. The minimum atomic E-state index is -0.406. The molecule has 0 saturated carbocycles. The van der Waals surface area contributed by atoms with E-state index >= 15 is 0 Å². The van der Waals surface area contributed by atoms with Gasteiger partial charge in [-0.2, -0.15) is 0 Å². The first-order valence-corrected chi connectivity index (χ1v) is 9.58. The summed E-state index contributed by atoms with van der Waals surface area (Å²) in [7, 11) is 1.54. The van der Waals surface area contributed by atoms with Crippen molar-refractivity contribution in [2.45, 2.75) is 6.92 Å². The van der Waals surface area contributed by atoms with Gasteiger partial charge in [-0.3, -0.25) is 14.5 Å². The van der Waals surface area contributed by atoms with Crippen LogP contribution >= 0.6 is 0 Å². The van der Waals surface area contributed by atoms with Gasteiger partial charge >= 0.3 is 0 Å². The third kappa shape index (κ3) is 5.75. The van der Waals surface area contributed by atoms with Gasteiger partial charge in [-0.1, -0.05) is 12.1 Å². The molecule has 8 heteroatoms. The summed E-state index contributed by atoms with van der Waals surface area (Å²) in [6.45, 7) is 6.37. The van der Waals surface area contributed by atoms with Crippen LogP contribution in [0.3, 0.4) is 0 Å². The molecular formula is C21H26N4O4. The lowest BCUT2D eigenvalue weighted by Crippen LogP contribution is -2.41. The molecule has 0 aliphatic carbocycles. The third-order valence-electron chi connectivity index (χ3n) is 4.63. The van der Waals surface area contributed by atoms with Crippen molar-refractivity contribution in [1.82, 2.24) is 15.2 Å².